The molecule has 2 atom stereocenters. The topological polar surface area (TPSA) is 49.4 Å². The van der Waals surface area contributed by atoms with Crippen LogP contribution in [0.15, 0.2) is 24.3 Å². The highest BCUT2D eigenvalue weighted by molar-refractivity contribution is 6.30. The van der Waals surface area contributed by atoms with Gasteiger partial charge in [-0.2, -0.15) is 0 Å². The predicted octanol–water partition coefficient (Wildman–Crippen LogP) is 1.97. The summed E-state index contributed by atoms with van der Waals surface area (Å²) in [6.45, 7) is 4.03. The highest BCUT2D eigenvalue weighted by Crippen LogP contribution is 2.18. The van der Waals surface area contributed by atoms with Gasteiger partial charge in [0.1, 0.15) is 12.1 Å². The van der Waals surface area contributed by atoms with Gasteiger partial charge in [-0.15, -0.1) is 0 Å². The highest BCUT2D eigenvalue weighted by Gasteiger charge is 2.36. The fourth-order valence-electron chi connectivity index (χ4n) is 2.21. The van der Waals surface area contributed by atoms with E-state index in [-0.39, 0.29) is 11.8 Å². The molecular formula is C14H17ClN2O2. The lowest BCUT2D eigenvalue weighted by atomic mass is 10.0. The second-order valence-electron chi connectivity index (χ2n) is 4.74. The van der Waals surface area contributed by atoms with Gasteiger partial charge >= 0.3 is 0 Å². The van der Waals surface area contributed by atoms with Crippen LogP contribution in [-0.2, 0) is 16.1 Å². The van der Waals surface area contributed by atoms with Crippen molar-refractivity contribution in [3.05, 3.63) is 34.9 Å². The Bertz CT molecular complexity index is 504. The van der Waals surface area contributed by atoms with Crippen molar-refractivity contribution >= 4 is 23.4 Å². The minimum Gasteiger partial charge on any atom is -0.343 e. The van der Waals surface area contributed by atoms with Crippen molar-refractivity contribution in [1.29, 1.82) is 0 Å². The fraction of sp³-hybridized carbons (Fsp3) is 0.429. The molecule has 4 nitrogen and oxygen atoms in total. The number of piperazine rings is 1. The predicted molar refractivity (Wildman–Crippen MR) is 73.7 cm³/mol. The van der Waals surface area contributed by atoms with Gasteiger partial charge in [-0.25, -0.2) is 0 Å². The Kier molecular flexibility index (Phi) is 4.10. The number of nitrogens with zero attached hydrogens (tertiary/aromatic N) is 1. The van der Waals surface area contributed by atoms with E-state index in [0.717, 1.165) is 5.56 Å². The first-order valence-corrected chi connectivity index (χ1v) is 6.76. The third kappa shape index (κ3) is 2.89. The van der Waals surface area contributed by atoms with E-state index < -0.39 is 12.1 Å². The Morgan fingerprint density at radius 1 is 1.37 bits per heavy atom. The number of nitrogens with one attached hydrogen (secondary N) is 1. The third-order valence-electron chi connectivity index (χ3n) is 3.39. The zero-order valence-electron chi connectivity index (χ0n) is 11.0. The van der Waals surface area contributed by atoms with Gasteiger partial charge < -0.3 is 10.2 Å². The lowest BCUT2D eigenvalue weighted by Gasteiger charge is -2.37. The molecule has 5 heteroatoms. The maximum Gasteiger partial charge on any atom is 0.246 e. The standard InChI is InChI=1S/C14H17ClN2O2/c1-3-12-14(19)17(9(2)13(18)16-12)8-10-5-4-6-11(15)7-10/h4-7,9,12H,3,8H2,1-2H3,(H,16,18). The van der Waals surface area contributed by atoms with Gasteiger partial charge in [-0.3, -0.25) is 9.59 Å². The van der Waals surface area contributed by atoms with Crippen LogP contribution in [0.3, 0.4) is 0 Å². The van der Waals surface area contributed by atoms with E-state index in [1.54, 1.807) is 17.9 Å². The van der Waals surface area contributed by atoms with Crippen LogP contribution in [0.4, 0.5) is 0 Å². The SMILES string of the molecule is CCC1NC(=O)C(C)N(Cc2cccc(Cl)c2)C1=O. The molecule has 1 heterocycles. The quantitative estimate of drug-likeness (QED) is 0.920. The molecule has 0 aliphatic carbocycles. The van der Waals surface area contributed by atoms with Crippen molar-refractivity contribution in [2.75, 3.05) is 0 Å². The third-order valence-corrected chi connectivity index (χ3v) is 3.63. The molecule has 19 heavy (non-hydrogen) atoms. The number of carbonyl (C=O) groups excluding carboxylic acids is 2. The smallest absolute Gasteiger partial charge is 0.246 e. The Hall–Kier alpha value is -1.55. The van der Waals surface area contributed by atoms with Crippen molar-refractivity contribution in [3.63, 3.8) is 0 Å². The van der Waals surface area contributed by atoms with E-state index in [2.05, 4.69) is 5.32 Å². The minimum atomic E-state index is -0.450. The lowest BCUT2D eigenvalue weighted by Crippen LogP contribution is -2.61. The number of hydrogen-bond donors (Lipinski definition) is 1. The van der Waals surface area contributed by atoms with Crippen molar-refractivity contribution in [2.24, 2.45) is 0 Å². The Balaban J connectivity index is 2.21. The summed E-state index contributed by atoms with van der Waals surface area (Å²) < 4.78 is 0. The molecule has 0 bridgehead atoms. The summed E-state index contributed by atoms with van der Waals surface area (Å²) >= 11 is 5.94. The highest BCUT2D eigenvalue weighted by atomic mass is 35.5. The number of amides is 2. The molecule has 2 unspecified atom stereocenters. The van der Waals surface area contributed by atoms with Gasteiger partial charge in [0.05, 0.1) is 0 Å². The molecule has 0 spiro atoms. The molecule has 1 aliphatic rings. The molecule has 1 fully saturated rings. The van der Waals surface area contributed by atoms with Crippen molar-refractivity contribution < 1.29 is 9.59 Å². The Morgan fingerprint density at radius 3 is 2.74 bits per heavy atom. The van der Waals surface area contributed by atoms with Crippen LogP contribution in [0.1, 0.15) is 25.8 Å². The van der Waals surface area contributed by atoms with Crippen LogP contribution in [0.2, 0.25) is 5.02 Å². The summed E-state index contributed by atoms with van der Waals surface area (Å²) in [5.41, 5.74) is 0.928. The van der Waals surface area contributed by atoms with Gasteiger partial charge in [0.15, 0.2) is 0 Å². The molecule has 1 aliphatic heterocycles. The average molecular weight is 281 g/mol. The molecule has 1 aromatic rings. The van der Waals surface area contributed by atoms with E-state index in [1.165, 1.54) is 0 Å². The van der Waals surface area contributed by atoms with Crippen molar-refractivity contribution in [1.82, 2.24) is 10.2 Å². The number of carbonyl (C=O) groups is 2. The summed E-state index contributed by atoms with van der Waals surface area (Å²) in [4.78, 5) is 25.7. The van der Waals surface area contributed by atoms with Crippen LogP contribution in [0, 0.1) is 0 Å². The molecule has 2 rings (SSSR count). The van der Waals surface area contributed by atoms with E-state index >= 15 is 0 Å². The van der Waals surface area contributed by atoms with Gasteiger partial charge in [-0.1, -0.05) is 30.7 Å². The first-order valence-electron chi connectivity index (χ1n) is 6.38. The normalized spacial score (nSPS) is 23.4. The number of rotatable bonds is 3. The average Bonchev–Trinajstić information content (AvgIpc) is 2.39. The molecule has 1 saturated heterocycles. The first kappa shape index (κ1) is 13.9. The van der Waals surface area contributed by atoms with Crippen LogP contribution >= 0.6 is 11.6 Å². The van der Waals surface area contributed by atoms with E-state index in [0.29, 0.717) is 18.0 Å². The summed E-state index contributed by atoms with van der Waals surface area (Å²) in [6.07, 6.45) is 0.601. The van der Waals surface area contributed by atoms with Gasteiger partial charge in [0.2, 0.25) is 11.8 Å². The van der Waals surface area contributed by atoms with Crippen molar-refractivity contribution in [2.45, 2.75) is 38.9 Å². The molecule has 102 valence electrons. The van der Waals surface area contributed by atoms with Crippen LogP contribution in [-0.4, -0.2) is 28.8 Å². The first-order chi connectivity index (χ1) is 9.02. The second-order valence-corrected chi connectivity index (χ2v) is 5.18. The molecule has 0 aromatic heterocycles. The Labute approximate surface area is 117 Å². The minimum absolute atomic E-state index is 0.0328. The van der Waals surface area contributed by atoms with Crippen molar-refractivity contribution in [3.8, 4) is 0 Å². The van der Waals surface area contributed by atoms with Gasteiger partial charge in [-0.05, 0) is 31.0 Å². The maximum absolute atomic E-state index is 12.3. The van der Waals surface area contributed by atoms with Crippen LogP contribution in [0.5, 0.6) is 0 Å². The number of halogens is 1. The monoisotopic (exact) mass is 280 g/mol. The Morgan fingerprint density at radius 2 is 2.11 bits per heavy atom. The second kappa shape index (κ2) is 5.61. The zero-order chi connectivity index (χ0) is 14.0. The lowest BCUT2D eigenvalue weighted by molar-refractivity contribution is -0.149. The molecule has 0 radical (unpaired) electrons. The molecule has 0 saturated carbocycles. The van der Waals surface area contributed by atoms with Crippen LogP contribution in [0.25, 0.3) is 0 Å². The zero-order valence-corrected chi connectivity index (χ0v) is 11.8. The van der Waals surface area contributed by atoms with E-state index in [1.807, 2.05) is 25.1 Å². The summed E-state index contributed by atoms with van der Waals surface area (Å²) in [5, 5.41) is 3.37. The largest absolute Gasteiger partial charge is 0.343 e. The molecule has 2 amide bonds. The van der Waals surface area contributed by atoms with Gasteiger partial charge in [0, 0.05) is 11.6 Å². The summed E-state index contributed by atoms with van der Waals surface area (Å²) in [6, 6.07) is 6.48. The maximum atomic E-state index is 12.3. The number of benzene rings is 1. The fourth-order valence-corrected chi connectivity index (χ4v) is 2.42. The molecular weight excluding hydrogens is 264 g/mol. The van der Waals surface area contributed by atoms with Gasteiger partial charge in [0.25, 0.3) is 0 Å². The number of hydrogen-bond acceptors (Lipinski definition) is 2. The summed E-state index contributed by atoms with van der Waals surface area (Å²) in [7, 11) is 0. The summed E-state index contributed by atoms with van der Waals surface area (Å²) in [5.74, 6) is -0.136. The van der Waals surface area contributed by atoms with Crippen LogP contribution < -0.4 is 5.32 Å². The molecule has 1 N–H and O–H groups in total. The van der Waals surface area contributed by atoms with E-state index in [9.17, 15) is 9.59 Å². The van der Waals surface area contributed by atoms with E-state index in [4.69, 9.17) is 11.6 Å². The molecule has 1 aromatic carbocycles.